The average molecular weight is 208 g/mol. The van der Waals surface area contributed by atoms with Crippen LogP contribution in [0.2, 0.25) is 0 Å². The monoisotopic (exact) mass is 208 g/mol. The van der Waals surface area contributed by atoms with E-state index >= 15 is 0 Å². The van der Waals surface area contributed by atoms with Crippen LogP contribution in [0.3, 0.4) is 0 Å². The highest BCUT2D eigenvalue weighted by molar-refractivity contribution is 4.80. The second kappa shape index (κ2) is 6.31. The molecule has 0 radical (unpaired) electrons. The smallest absolute Gasteiger partial charge is 0.110 e. The number of hydrogen-bond donors (Lipinski definition) is 5. The van der Waals surface area contributed by atoms with Crippen LogP contribution in [0.25, 0.3) is 0 Å². The van der Waals surface area contributed by atoms with E-state index in [1.54, 1.807) is 0 Å². The third-order valence-electron chi connectivity index (χ3n) is 2.04. The molecule has 4 atom stereocenters. The molecule has 0 aliphatic rings. The first kappa shape index (κ1) is 13.8. The molecule has 0 saturated carbocycles. The molecule has 0 heterocycles. The fourth-order valence-corrected chi connectivity index (χ4v) is 1.19. The van der Waals surface area contributed by atoms with Gasteiger partial charge in [-0.15, -0.1) is 0 Å². The van der Waals surface area contributed by atoms with E-state index < -0.39 is 31.0 Å². The molecule has 5 nitrogen and oxygen atoms in total. The van der Waals surface area contributed by atoms with Crippen LogP contribution < -0.4 is 0 Å². The van der Waals surface area contributed by atoms with E-state index in [0.29, 0.717) is 6.42 Å². The highest BCUT2D eigenvalue weighted by atomic mass is 16.4. The number of rotatable bonds is 6. The zero-order chi connectivity index (χ0) is 11.3. The summed E-state index contributed by atoms with van der Waals surface area (Å²) in [5.74, 6) is 0.179. The zero-order valence-electron chi connectivity index (χ0n) is 8.54. The lowest BCUT2D eigenvalue weighted by molar-refractivity contribution is -0.118. The molecule has 0 aromatic rings. The van der Waals surface area contributed by atoms with Gasteiger partial charge < -0.3 is 25.5 Å². The topological polar surface area (TPSA) is 101 Å². The summed E-state index contributed by atoms with van der Waals surface area (Å²) in [6.07, 6.45) is -5.14. The maximum Gasteiger partial charge on any atom is 0.110 e. The summed E-state index contributed by atoms with van der Waals surface area (Å²) in [6, 6.07) is 0. The van der Waals surface area contributed by atoms with Crippen LogP contribution >= 0.6 is 0 Å². The Balaban J connectivity index is 4.09. The van der Waals surface area contributed by atoms with Gasteiger partial charge in [-0.05, 0) is 12.3 Å². The molecule has 5 N–H and O–H groups in total. The van der Waals surface area contributed by atoms with Crippen LogP contribution in [0.4, 0.5) is 0 Å². The fraction of sp³-hybridized carbons (Fsp3) is 1.00. The lowest BCUT2D eigenvalue weighted by Crippen LogP contribution is -2.46. The van der Waals surface area contributed by atoms with E-state index in [1.807, 2.05) is 13.8 Å². The van der Waals surface area contributed by atoms with Gasteiger partial charge in [-0.1, -0.05) is 13.8 Å². The molecule has 5 heteroatoms. The molecule has 0 aliphatic carbocycles. The summed E-state index contributed by atoms with van der Waals surface area (Å²) >= 11 is 0. The molecule has 0 saturated heterocycles. The van der Waals surface area contributed by atoms with Crippen LogP contribution in [0.5, 0.6) is 0 Å². The van der Waals surface area contributed by atoms with Crippen molar-refractivity contribution in [3.05, 3.63) is 0 Å². The van der Waals surface area contributed by atoms with Gasteiger partial charge in [-0.25, -0.2) is 0 Å². The van der Waals surface area contributed by atoms with Gasteiger partial charge in [0.1, 0.15) is 18.3 Å². The van der Waals surface area contributed by atoms with Crippen LogP contribution in [-0.2, 0) is 0 Å². The maximum absolute atomic E-state index is 9.40. The second-order valence-electron chi connectivity index (χ2n) is 3.93. The summed E-state index contributed by atoms with van der Waals surface area (Å²) < 4.78 is 0. The van der Waals surface area contributed by atoms with E-state index in [4.69, 9.17) is 10.2 Å². The second-order valence-corrected chi connectivity index (χ2v) is 3.93. The van der Waals surface area contributed by atoms with Gasteiger partial charge >= 0.3 is 0 Å². The first-order valence-corrected chi connectivity index (χ1v) is 4.73. The zero-order valence-corrected chi connectivity index (χ0v) is 8.54. The van der Waals surface area contributed by atoms with Gasteiger partial charge in [0.05, 0.1) is 12.7 Å². The van der Waals surface area contributed by atoms with Crippen molar-refractivity contribution in [1.82, 2.24) is 0 Å². The van der Waals surface area contributed by atoms with Crippen molar-refractivity contribution in [2.75, 3.05) is 6.61 Å². The quantitative estimate of drug-likeness (QED) is 0.364. The highest BCUT2D eigenvalue weighted by Crippen LogP contribution is 2.12. The van der Waals surface area contributed by atoms with Crippen molar-refractivity contribution in [3.63, 3.8) is 0 Å². The molecule has 14 heavy (non-hydrogen) atoms. The van der Waals surface area contributed by atoms with Gasteiger partial charge in [0.15, 0.2) is 0 Å². The summed E-state index contributed by atoms with van der Waals surface area (Å²) in [5.41, 5.74) is 0. The van der Waals surface area contributed by atoms with E-state index in [2.05, 4.69) is 0 Å². The van der Waals surface area contributed by atoms with E-state index in [1.165, 1.54) is 0 Å². The third kappa shape index (κ3) is 4.34. The maximum atomic E-state index is 9.40. The predicted molar refractivity (Wildman–Crippen MR) is 50.6 cm³/mol. The Bertz CT molecular complexity index is 150. The summed E-state index contributed by atoms with van der Waals surface area (Å²) in [6.45, 7) is 3.09. The van der Waals surface area contributed by atoms with Crippen LogP contribution in [0.15, 0.2) is 0 Å². The molecule has 0 amide bonds. The van der Waals surface area contributed by atoms with E-state index in [0.717, 1.165) is 0 Å². The number of aliphatic hydroxyl groups is 5. The Kier molecular flexibility index (Phi) is 6.22. The molecular formula is C9H20O5. The van der Waals surface area contributed by atoms with Gasteiger partial charge in [0, 0.05) is 0 Å². The minimum absolute atomic E-state index is 0.179. The van der Waals surface area contributed by atoms with Crippen LogP contribution in [0.1, 0.15) is 20.3 Å². The third-order valence-corrected chi connectivity index (χ3v) is 2.04. The van der Waals surface area contributed by atoms with Gasteiger partial charge in [-0.2, -0.15) is 0 Å². The van der Waals surface area contributed by atoms with Crippen LogP contribution in [0, 0.1) is 5.92 Å². The Hall–Kier alpha value is -0.200. The Morgan fingerprint density at radius 2 is 1.29 bits per heavy atom. The minimum Gasteiger partial charge on any atom is -0.394 e. The SMILES string of the molecule is CC(C)C[C@@H](O)[C@@H](O)[C@@H](O)[C@@H](O)CO. The molecule has 86 valence electrons. The summed E-state index contributed by atoms with van der Waals surface area (Å²) in [5, 5.41) is 45.5. The molecule has 0 fully saturated rings. The van der Waals surface area contributed by atoms with Crippen molar-refractivity contribution < 1.29 is 25.5 Å². The molecule has 0 aromatic heterocycles. The van der Waals surface area contributed by atoms with Gasteiger partial charge in [0.25, 0.3) is 0 Å². The minimum atomic E-state index is -1.52. The van der Waals surface area contributed by atoms with Crippen molar-refractivity contribution in [2.45, 2.75) is 44.7 Å². The van der Waals surface area contributed by atoms with E-state index in [-0.39, 0.29) is 5.92 Å². The molecular weight excluding hydrogens is 188 g/mol. The Morgan fingerprint density at radius 1 is 0.857 bits per heavy atom. The molecule has 0 aliphatic heterocycles. The molecule has 0 rings (SSSR count). The fourth-order valence-electron chi connectivity index (χ4n) is 1.19. The summed E-state index contributed by atoms with van der Waals surface area (Å²) in [7, 11) is 0. The Labute approximate surface area is 83.6 Å². The standard InChI is InChI=1S/C9H20O5/c1-5(2)3-6(11)8(13)9(14)7(12)4-10/h5-14H,3-4H2,1-2H3/t6-,7+,8-,9+/m1/s1. The van der Waals surface area contributed by atoms with Crippen molar-refractivity contribution in [3.8, 4) is 0 Å². The predicted octanol–water partition coefficient (Wildman–Crippen LogP) is -1.53. The van der Waals surface area contributed by atoms with E-state index in [9.17, 15) is 15.3 Å². The van der Waals surface area contributed by atoms with Crippen molar-refractivity contribution in [2.24, 2.45) is 5.92 Å². The molecule has 0 unspecified atom stereocenters. The summed E-state index contributed by atoms with van der Waals surface area (Å²) in [4.78, 5) is 0. The largest absolute Gasteiger partial charge is 0.394 e. The average Bonchev–Trinajstić information content (AvgIpc) is 2.13. The van der Waals surface area contributed by atoms with Gasteiger partial charge in [0.2, 0.25) is 0 Å². The molecule has 0 aromatic carbocycles. The molecule has 0 spiro atoms. The first-order chi connectivity index (χ1) is 6.40. The Morgan fingerprint density at radius 3 is 1.64 bits per heavy atom. The lowest BCUT2D eigenvalue weighted by atomic mass is 9.96. The first-order valence-electron chi connectivity index (χ1n) is 4.73. The highest BCUT2D eigenvalue weighted by Gasteiger charge is 2.29. The van der Waals surface area contributed by atoms with Crippen LogP contribution in [-0.4, -0.2) is 56.6 Å². The number of aliphatic hydroxyl groups excluding tert-OH is 5. The molecule has 0 bridgehead atoms. The van der Waals surface area contributed by atoms with Crippen molar-refractivity contribution >= 4 is 0 Å². The number of hydrogen-bond acceptors (Lipinski definition) is 5. The lowest BCUT2D eigenvalue weighted by Gasteiger charge is -2.26. The normalized spacial score (nSPS) is 20.6. The van der Waals surface area contributed by atoms with Gasteiger partial charge in [-0.3, -0.25) is 0 Å². The van der Waals surface area contributed by atoms with Crippen molar-refractivity contribution in [1.29, 1.82) is 0 Å².